The summed E-state index contributed by atoms with van der Waals surface area (Å²) in [6.45, 7) is 2.06. The zero-order valence-electron chi connectivity index (χ0n) is 11.7. The highest BCUT2D eigenvalue weighted by molar-refractivity contribution is 5.80. The van der Waals surface area contributed by atoms with E-state index in [0.717, 1.165) is 48.6 Å². The molecule has 1 aromatic carbocycles. The van der Waals surface area contributed by atoms with Crippen molar-refractivity contribution in [2.75, 3.05) is 37.0 Å². The first-order chi connectivity index (χ1) is 9.81. The number of aliphatic hydroxyl groups excluding tert-OH is 1. The van der Waals surface area contributed by atoms with Gasteiger partial charge in [-0.3, -0.25) is 0 Å². The summed E-state index contributed by atoms with van der Waals surface area (Å²) in [5.74, 6) is 2.04. The molecule has 0 saturated carbocycles. The Hall–Kier alpha value is -1.88. The SMILES string of the molecule is CNc1nc2ccccc2nc1N1CCC[C@@H](CO)C1. The van der Waals surface area contributed by atoms with Crippen LogP contribution in [0.2, 0.25) is 0 Å². The molecule has 1 aliphatic rings. The van der Waals surface area contributed by atoms with Gasteiger partial charge in [-0.1, -0.05) is 12.1 Å². The van der Waals surface area contributed by atoms with E-state index in [1.54, 1.807) is 0 Å². The summed E-state index contributed by atoms with van der Waals surface area (Å²) in [6.07, 6.45) is 2.17. The second-order valence-corrected chi connectivity index (χ2v) is 5.27. The van der Waals surface area contributed by atoms with Crippen LogP contribution in [0, 0.1) is 5.92 Å². The fraction of sp³-hybridized carbons (Fsp3) is 0.467. The van der Waals surface area contributed by atoms with Crippen LogP contribution in [-0.4, -0.2) is 41.8 Å². The lowest BCUT2D eigenvalue weighted by atomic mass is 9.99. The highest BCUT2D eigenvalue weighted by Crippen LogP contribution is 2.28. The number of fused-ring (bicyclic) bond motifs is 1. The van der Waals surface area contributed by atoms with E-state index in [9.17, 15) is 5.11 Å². The highest BCUT2D eigenvalue weighted by atomic mass is 16.3. The van der Waals surface area contributed by atoms with Crippen LogP contribution in [0.15, 0.2) is 24.3 Å². The average molecular weight is 272 g/mol. The topological polar surface area (TPSA) is 61.3 Å². The lowest BCUT2D eigenvalue weighted by Gasteiger charge is -2.33. The zero-order chi connectivity index (χ0) is 13.9. The lowest BCUT2D eigenvalue weighted by molar-refractivity contribution is 0.208. The van der Waals surface area contributed by atoms with Crippen molar-refractivity contribution in [1.29, 1.82) is 0 Å². The van der Waals surface area contributed by atoms with Gasteiger partial charge in [-0.25, -0.2) is 9.97 Å². The van der Waals surface area contributed by atoms with Gasteiger partial charge in [0.25, 0.3) is 0 Å². The van der Waals surface area contributed by atoms with E-state index in [2.05, 4.69) is 15.2 Å². The molecule has 2 N–H and O–H groups in total. The monoisotopic (exact) mass is 272 g/mol. The molecule has 1 aromatic heterocycles. The number of anilines is 2. The van der Waals surface area contributed by atoms with E-state index in [1.807, 2.05) is 31.3 Å². The Labute approximate surface area is 118 Å². The van der Waals surface area contributed by atoms with Gasteiger partial charge in [-0.2, -0.15) is 0 Å². The third-order valence-corrected chi connectivity index (χ3v) is 3.87. The Kier molecular flexibility index (Phi) is 3.69. The summed E-state index contributed by atoms with van der Waals surface area (Å²) >= 11 is 0. The fourth-order valence-corrected chi connectivity index (χ4v) is 2.79. The number of nitrogens with one attached hydrogen (secondary N) is 1. The van der Waals surface area contributed by atoms with Crippen molar-refractivity contribution in [2.24, 2.45) is 5.92 Å². The second kappa shape index (κ2) is 5.63. The maximum atomic E-state index is 9.38. The van der Waals surface area contributed by atoms with Gasteiger partial charge in [0.15, 0.2) is 11.6 Å². The fourth-order valence-electron chi connectivity index (χ4n) is 2.79. The number of aromatic nitrogens is 2. The Balaban J connectivity index is 2.00. The zero-order valence-corrected chi connectivity index (χ0v) is 11.7. The van der Waals surface area contributed by atoms with E-state index >= 15 is 0 Å². The van der Waals surface area contributed by atoms with E-state index in [4.69, 9.17) is 4.98 Å². The van der Waals surface area contributed by atoms with Crippen molar-refractivity contribution < 1.29 is 5.11 Å². The molecule has 0 aliphatic carbocycles. The van der Waals surface area contributed by atoms with Gasteiger partial charge in [0, 0.05) is 26.7 Å². The molecule has 1 atom stereocenters. The van der Waals surface area contributed by atoms with Crippen molar-refractivity contribution in [3.05, 3.63) is 24.3 Å². The van der Waals surface area contributed by atoms with Gasteiger partial charge < -0.3 is 15.3 Å². The van der Waals surface area contributed by atoms with Crippen LogP contribution in [0.4, 0.5) is 11.6 Å². The average Bonchev–Trinajstić information content (AvgIpc) is 2.53. The maximum Gasteiger partial charge on any atom is 0.172 e. The number of rotatable bonds is 3. The minimum Gasteiger partial charge on any atom is -0.396 e. The third-order valence-electron chi connectivity index (χ3n) is 3.87. The second-order valence-electron chi connectivity index (χ2n) is 5.27. The van der Waals surface area contributed by atoms with Crippen molar-refractivity contribution in [3.63, 3.8) is 0 Å². The molecule has 2 heterocycles. The number of benzene rings is 1. The number of para-hydroxylation sites is 2. The first kappa shape index (κ1) is 13.1. The van der Waals surface area contributed by atoms with E-state index in [0.29, 0.717) is 5.92 Å². The molecule has 0 bridgehead atoms. The summed E-state index contributed by atoms with van der Waals surface area (Å²) in [5, 5.41) is 12.5. The van der Waals surface area contributed by atoms with Crippen molar-refractivity contribution >= 4 is 22.7 Å². The first-order valence-corrected chi connectivity index (χ1v) is 7.12. The van der Waals surface area contributed by atoms with Crippen LogP contribution in [0.3, 0.4) is 0 Å². The molecule has 0 amide bonds. The summed E-state index contributed by atoms with van der Waals surface area (Å²) in [4.78, 5) is 11.6. The van der Waals surface area contributed by atoms with E-state index < -0.39 is 0 Å². The van der Waals surface area contributed by atoms with Gasteiger partial charge in [-0.15, -0.1) is 0 Å². The largest absolute Gasteiger partial charge is 0.396 e. The molecule has 1 fully saturated rings. The smallest absolute Gasteiger partial charge is 0.172 e. The standard InChI is InChI=1S/C15H20N4O/c1-16-14-15(19-8-4-5-11(9-19)10-20)18-13-7-3-2-6-12(13)17-14/h2-3,6-7,11,20H,4-5,8-10H2,1H3,(H,16,17)/t11-/m1/s1. The normalized spacial score (nSPS) is 19.3. The Morgan fingerprint density at radius 3 is 2.75 bits per heavy atom. The summed E-state index contributed by atoms with van der Waals surface area (Å²) < 4.78 is 0. The molecular formula is C15H20N4O. The predicted molar refractivity (Wildman–Crippen MR) is 81.1 cm³/mol. The molecule has 0 radical (unpaired) electrons. The van der Waals surface area contributed by atoms with Crippen LogP contribution in [-0.2, 0) is 0 Å². The minimum atomic E-state index is 0.242. The molecular weight excluding hydrogens is 252 g/mol. The molecule has 0 spiro atoms. The number of piperidine rings is 1. The van der Waals surface area contributed by atoms with Gasteiger partial charge in [-0.05, 0) is 30.9 Å². The quantitative estimate of drug-likeness (QED) is 0.893. The van der Waals surface area contributed by atoms with E-state index in [-0.39, 0.29) is 6.61 Å². The van der Waals surface area contributed by atoms with Crippen LogP contribution < -0.4 is 10.2 Å². The molecule has 5 heteroatoms. The lowest BCUT2D eigenvalue weighted by Crippen LogP contribution is -2.37. The summed E-state index contributed by atoms with van der Waals surface area (Å²) in [6, 6.07) is 7.91. The Morgan fingerprint density at radius 2 is 2.05 bits per heavy atom. The number of nitrogens with zero attached hydrogens (tertiary/aromatic N) is 3. The molecule has 0 unspecified atom stereocenters. The minimum absolute atomic E-state index is 0.242. The molecule has 20 heavy (non-hydrogen) atoms. The first-order valence-electron chi connectivity index (χ1n) is 7.12. The summed E-state index contributed by atoms with van der Waals surface area (Å²) in [5.41, 5.74) is 1.81. The summed E-state index contributed by atoms with van der Waals surface area (Å²) in [7, 11) is 1.87. The predicted octanol–water partition coefficient (Wildman–Crippen LogP) is 1.88. The van der Waals surface area contributed by atoms with Gasteiger partial charge in [0.2, 0.25) is 0 Å². The van der Waals surface area contributed by atoms with Crippen LogP contribution in [0.1, 0.15) is 12.8 Å². The molecule has 3 rings (SSSR count). The van der Waals surface area contributed by atoms with Crippen LogP contribution >= 0.6 is 0 Å². The molecule has 1 aliphatic heterocycles. The third kappa shape index (κ3) is 2.41. The molecule has 2 aromatic rings. The van der Waals surface area contributed by atoms with Gasteiger partial charge in [0.1, 0.15) is 0 Å². The molecule has 106 valence electrons. The van der Waals surface area contributed by atoms with Crippen molar-refractivity contribution in [1.82, 2.24) is 9.97 Å². The maximum absolute atomic E-state index is 9.38. The van der Waals surface area contributed by atoms with Gasteiger partial charge in [0.05, 0.1) is 11.0 Å². The van der Waals surface area contributed by atoms with Crippen molar-refractivity contribution in [3.8, 4) is 0 Å². The highest BCUT2D eigenvalue weighted by Gasteiger charge is 2.23. The van der Waals surface area contributed by atoms with Crippen LogP contribution in [0.25, 0.3) is 11.0 Å². The van der Waals surface area contributed by atoms with E-state index in [1.165, 1.54) is 0 Å². The Morgan fingerprint density at radius 1 is 1.30 bits per heavy atom. The molecule has 5 nitrogen and oxygen atoms in total. The number of aliphatic hydroxyl groups is 1. The van der Waals surface area contributed by atoms with Gasteiger partial charge >= 0.3 is 0 Å². The van der Waals surface area contributed by atoms with Crippen LogP contribution in [0.5, 0.6) is 0 Å². The Bertz CT molecular complexity index is 601. The number of hydrogen-bond acceptors (Lipinski definition) is 5. The number of hydrogen-bond donors (Lipinski definition) is 2. The van der Waals surface area contributed by atoms with Crippen molar-refractivity contribution in [2.45, 2.75) is 12.8 Å². The molecule has 1 saturated heterocycles.